The first kappa shape index (κ1) is 22.5. The van der Waals surface area contributed by atoms with Crippen molar-refractivity contribution in [3.05, 3.63) is 53.2 Å². The third-order valence-electron chi connectivity index (χ3n) is 4.63. The highest BCUT2D eigenvalue weighted by Gasteiger charge is 2.52. The Bertz CT molecular complexity index is 856. The number of rotatable bonds is 4. The number of nitrogens with zero attached hydrogens (tertiary/aromatic N) is 1. The molecule has 9 heteroatoms. The van der Waals surface area contributed by atoms with Crippen LogP contribution in [-0.2, 0) is 15.9 Å². The first-order valence-corrected chi connectivity index (χ1v) is 8.39. The van der Waals surface area contributed by atoms with Crippen molar-refractivity contribution >= 4 is 12.4 Å². The molecule has 154 valence electrons. The van der Waals surface area contributed by atoms with Gasteiger partial charge < -0.3 is 15.6 Å². The van der Waals surface area contributed by atoms with Gasteiger partial charge in [-0.25, -0.2) is 22.5 Å². The zero-order valence-electron chi connectivity index (χ0n) is 15.3. The number of alkyl halides is 2. The fourth-order valence-electron chi connectivity index (χ4n) is 3.17. The van der Waals surface area contributed by atoms with Gasteiger partial charge in [-0.1, -0.05) is 0 Å². The summed E-state index contributed by atoms with van der Waals surface area (Å²) in [4.78, 5) is 4.19. The SMILES string of the molecule is CC(C)(O)c1cc(C2(CN)CC(F)(F)CO2)nc(-c2ccc(F)cc2)c1F.Cl. The lowest BCUT2D eigenvalue weighted by atomic mass is 9.88. The van der Waals surface area contributed by atoms with Crippen LogP contribution in [-0.4, -0.2) is 29.2 Å². The predicted molar refractivity (Wildman–Crippen MR) is 98.3 cm³/mol. The summed E-state index contributed by atoms with van der Waals surface area (Å²) in [5, 5.41) is 10.4. The molecule has 1 saturated heterocycles. The molecule has 0 spiro atoms. The first-order valence-electron chi connectivity index (χ1n) is 8.39. The molecule has 1 aliphatic rings. The molecule has 1 fully saturated rings. The molecule has 1 aromatic heterocycles. The normalized spacial score (nSPS) is 21.4. The lowest BCUT2D eigenvalue weighted by Gasteiger charge is -2.29. The first-order chi connectivity index (χ1) is 12.5. The summed E-state index contributed by atoms with van der Waals surface area (Å²) >= 11 is 0. The topological polar surface area (TPSA) is 68.4 Å². The Morgan fingerprint density at radius 1 is 1.21 bits per heavy atom. The van der Waals surface area contributed by atoms with Gasteiger partial charge >= 0.3 is 0 Å². The monoisotopic (exact) mass is 420 g/mol. The fourth-order valence-corrected chi connectivity index (χ4v) is 3.17. The summed E-state index contributed by atoms with van der Waals surface area (Å²) in [5.41, 5.74) is 2.40. The quantitative estimate of drug-likeness (QED) is 0.736. The predicted octanol–water partition coefficient (Wildman–Crippen LogP) is 3.89. The number of aromatic nitrogens is 1. The van der Waals surface area contributed by atoms with Crippen LogP contribution in [0.3, 0.4) is 0 Å². The van der Waals surface area contributed by atoms with E-state index in [0.717, 1.165) is 12.1 Å². The second-order valence-electron chi connectivity index (χ2n) is 7.30. The lowest BCUT2D eigenvalue weighted by Crippen LogP contribution is -2.37. The highest BCUT2D eigenvalue weighted by atomic mass is 35.5. The zero-order valence-corrected chi connectivity index (χ0v) is 16.1. The molecule has 0 amide bonds. The van der Waals surface area contributed by atoms with Crippen molar-refractivity contribution in [2.24, 2.45) is 5.73 Å². The van der Waals surface area contributed by atoms with Gasteiger partial charge in [-0.3, -0.25) is 0 Å². The Balaban J connectivity index is 0.00000280. The fraction of sp³-hybridized carbons (Fsp3) is 0.421. The molecule has 0 radical (unpaired) electrons. The lowest BCUT2D eigenvalue weighted by molar-refractivity contribution is -0.0246. The van der Waals surface area contributed by atoms with Crippen LogP contribution in [0.1, 0.15) is 31.5 Å². The molecule has 0 aliphatic carbocycles. The van der Waals surface area contributed by atoms with Crippen LogP contribution in [0.25, 0.3) is 11.3 Å². The van der Waals surface area contributed by atoms with Gasteiger partial charge in [0.2, 0.25) is 0 Å². The minimum Gasteiger partial charge on any atom is -0.386 e. The van der Waals surface area contributed by atoms with E-state index in [2.05, 4.69) is 4.98 Å². The van der Waals surface area contributed by atoms with E-state index in [4.69, 9.17) is 10.5 Å². The van der Waals surface area contributed by atoms with Crippen molar-refractivity contribution < 1.29 is 27.4 Å². The molecule has 0 bridgehead atoms. The second kappa shape index (κ2) is 7.59. The minimum absolute atomic E-state index is 0. The van der Waals surface area contributed by atoms with Gasteiger partial charge in [-0.15, -0.1) is 12.4 Å². The molecule has 4 nitrogen and oxygen atoms in total. The van der Waals surface area contributed by atoms with Gasteiger partial charge in [-0.2, -0.15) is 0 Å². The van der Waals surface area contributed by atoms with Crippen molar-refractivity contribution in [3.8, 4) is 11.3 Å². The van der Waals surface area contributed by atoms with E-state index < -0.39 is 41.8 Å². The smallest absolute Gasteiger partial charge is 0.274 e. The number of nitrogens with two attached hydrogens (primary N) is 1. The molecule has 1 atom stereocenters. The third kappa shape index (κ3) is 4.15. The number of hydrogen-bond donors (Lipinski definition) is 2. The maximum atomic E-state index is 15.1. The summed E-state index contributed by atoms with van der Waals surface area (Å²) < 4.78 is 61.2. The summed E-state index contributed by atoms with van der Waals surface area (Å²) in [6.07, 6.45) is -0.705. The number of hydrogen-bond acceptors (Lipinski definition) is 4. The molecule has 28 heavy (non-hydrogen) atoms. The van der Waals surface area contributed by atoms with Crippen LogP contribution in [0.15, 0.2) is 30.3 Å². The van der Waals surface area contributed by atoms with Crippen molar-refractivity contribution in [3.63, 3.8) is 0 Å². The molecule has 0 saturated carbocycles. The summed E-state index contributed by atoms with van der Waals surface area (Å²) in [5.74, 6) is -4.44. The van der Waals surface area contributed by atoms with Crippen LogP contribution < -0.4 is 5.73 Å². The molecule has 2 aromatic rings. The molecular formula is C19H21ClF4N2O2. The van der Waals surface area contributed by atoms with Crippen LogP contribution in [0.2, 0.25) is 0 Å². The molecular weight excluding hydrogens is 400 g/mol. The van der Waals surface area contributed by atoms with E-state index in [1.54, 1.807) is 0 Å². The number of benzene rings is 1. The Labute approximate surface area is 166 Å². The van der Waals surface area contributed by atoms with E-state index in [0.29, 0.717) is 0 Å². The van der Waals surface area contributed by atoms with Gasteiger partial charge in [0.15, 0.2) is 5.82 Å². The number of halogens is 5. The summed E-state index contributed by atoms with van der Waals surface area (Å²) in [6, 6.07) is 6.10. The maximum absolute atomic E-state index is 15.1. The summed E-state index contributed by atoms with van der Waals surface area (Å²) in [7, 11) is 0. The van der Waals surface area contributed by atoms with E-state index in [-0.39, 0.29) is 41.5 Å². The Morgan fingerprint density at radius 2 is 1.82 bits per heavy atom. The van der Waals surface area contributed by atoms with Crippen molar-refractivity contribution in [1.82, 2.24) is 4.98 Å². The second-order valence-corrected chi connectivity index (χ2v) is 7.30. The number of pyridine rings is 1. The molecule has 3 N–H and O–H groups in total. The Hall–Kier alpha value is -1.74. The standard InChI is InChI=1S/C19H20F4N2O2.ClH/c1-17(2,26)13-7-14(18(9-24)8-19(22,23)10-27-18)25-16(15(13)21)11-3-5-12(20)6-4-11;/h3-7,26H,8-10,24H2,1-2H3;1H. The van der Waals surface area contributed by atoms with E-state index >= 15 is 4.39 Å². The largest absolute Gasteiger partial charge is 0.386 e. The van der Waals surface area contributed by atoms with Crippen LogP contribution in [0.4, 0.5) is 17.6 Å². The Kier molecular flexibility index (Phi) is 6.11. The van der Waals surface area contributed by atoms with Gasteiger partial charge in [0, 0.05) is 24.1 Å². The average Bonchev–Trinajstić information content (AvgIpc) is 2.91. The van der Waals surface area contributed by atoms with Gasteiger partial charge in [0.05, 0.1) is 11.3 Å². The minimum atomic E-state index is -3.10. The molecule has 3 rings (SSSR count). The van der Waals surface area contributed by atoms with Crippen LogP contribution >= 0.6 is 12.4 Å². The van der Waals surface area contributed by atoms with Crippen LogP contribution in [0, 0.1) is 11.6 Å². The van der Waals surface area contributed by atoms with E-state index in [1.807, 2.05) is 0 Å². The van der Waals surface area contributed by atoms with E-state index in [9.17, 15) is 18.3 Å². The highest BCUT2D eigenvalue weighted by molar-refractivity contribution is 5.85. The van der Waals surface area contributed by atoms with Gasteiger partial charge in [-0.05, 0) is 44.2 Å². The Morgan fingerprint density at radius 3 is 2.29 bits per heavy atom. The van der Waals surface area contributed by atoms with Crippen LogP contribution in [0.5, 0.6) is 0 Å². The maximum Gasteiger partial charge on any atom is 0.274 e. The van der Waals surface area contributed by atoms with E-state index in [1.165, 1.54) is 32.0 Å². The summed E-state index contributed by atoms with van der Waals surface area (Å²) in [6.45, 7) is 1.61. The molecule has 1 aliphatic heterocycles. The molecule has 2 heterocycles. The number of ether oxygens (including phenoxy) is 1. The molecule has 1 unspecified atom stereocenters. The third-order valence-corrected chi connectivity index (χ3v) is 4.63. The molecule has 1 aromatic carbocycles. The van der Waals surface area contributed by atoms with Gasteiger partial charge in [0.1, 0.15) is 23.7 Å². The van der Waals surface area contributed by atoms with Crippen molar-refractivity contribution in [2.45, 2.75) is 37.4 Å². The highest BCUT2D eigenvalue weighted by Crippen LogP contribution is 2.44. The van der Waals surface area contributed by atoms with Gasteiger partial charge in [0.25, 0.3) is 5.92 Å². The number of aliphatic hydroxyl groups is 1. The van der Waals surface area contributed by atoms with Crippen molar-refractivity contribution in [1.29, 1.82) is 0 Å². The van der Waals surface area contributed by atoms with Crippen molar-refractivity contribution in [2.75, 3.05) is 13.2 Å². The zero-order chi connectivity index (χ0) is 20.0. The average molecular weight is 421 g/mol.